The van der Waals surface area contributed by atoms with Crippen molar-refractivity contribution in [1.29, 1.82) is 0 Å². The van der Waals surface area contributed by atoms with Crippen LogP contribution in [0.3, 0.4) is 0 Å². The van der Waals surface area contributed by atoms with Crippen LogP contribution in [0.2, 0.25) is 0 Å². The van der Waals surface area contributed by atoms with Crippen LogP contribution in [0.5, 0.6) is 0 Å². The molecule has 1 aromatic rings. The van der Waals surface area contributed by atoms with Crippen molar-refractivity contribution in [3.05, 3.63) is 23.6 Å². The molecule has 0 amide bonds. The second-order valence-electron chi connectivity index (χ2n) is 3.78. The second-order valence-corrected chi connectivity index (χ2v) is 3.78. The Labute approximate surface area is 106 Å². The summed E-state index contributed by atoms with van der Waals surface area (Å²) in [6.07, 6.45) is 1.76. The first-order chi connectivity index (χ1) is 8.24. The van der Waals surface area contributed by atoms with E-state index < -0.39 is 5.82 Å². The van der Waals surface area contributed by atoms with E-state index in [1.54, 1.807) is 7.11 Å². The molecule has 18 heavy (non-hydrogen) atoms. The van der Waals surface area contributed by atoms with Gasteiger partial charge in [0.15, 0.2) is 6.29 Å². The van der Waals surface area contributed by atoms with E-state index in [0.29, 0.717) is 25.2 Å². The predicted molar refractivity (Wildman–Crippen MR) is 67.1 cm³/mol. The normalized spacial score (nSPS) is 16.2. The minimum atomic E-state index is -0.494. The Morgan fingerprint density at radius 2 is 2.06 bits per heavy atom. The summed E-state index contributed by atoms with van der Waals surface area (Å²) in [5.74, 6) is 0.0449. The number of anilines is 1. The Morgan fingerprint density at radius 3 is 2.61 bits per heavy atom. The number of piperazine rings is 1. The molecule has 0 unspecified atom stereocenters. The first-order valence-corrected chi connectivity index (χ1v) is 5.39. The quantitative estimate of drug-likeness (QED) is 0.763. The molecule has 1 aliphatic rings. The number of nitrogens with zero attached hydrogens (tertiary/aromatic N) is 3. The fourth-order valence-corrected chi connectivity index (χ4v) is 1.88. The lowest BCUT2D eigenvalue weighted by Crippen LogP contribution is -2.46. The molecule has 0 aliphatic carbocycles. The number of hydrogen-bond acceptors (Lipinski definition) is 5. The number of carbonyl (C=O) groups is 1. The van der Waals surface area contributed by atoms with Crippen molar-refractivity contribution >= 4 is 12.1 Å². The Balaban J connectivity index is 0.00000162. The number of pyridine rings is 1. The van der Waals surface area contributed by atoms with E-state index in [0.717, 1.165) is 19.3 Å². The van der Waals surface area contributed by atoms with Crippen molar-refractivity contribution in [3.63, 3.8) is 0 Å². The van der Waals surface area contributed by atoms with E-state index in [4.69, 9.17) is 4.84 Å². The topological polar surface area (TPSA) is 45.7 Å². The lowest BCUT2D eigenvalue weighted by molar-refractivity contribution is -0.133. The van der Waals surface area contributed by atoms with Crippen molar-refractivity contribution < 1.29 is 14.0 Å². The van der Waals surface area contributed by atoms with E-state index in [-0.39, 0.29) is 13.0 Å². The van der Waals surface area contributed by atoms with Gasteiger partial charge in [-0.3, -0.25) is 4.79 Å². The van der Waals surface area contributed by atoms with E-state index in [1.807, 2.05) is 9.96 Å². The molecular weight excluding hydrogens is 237 g/mol. The summed E-state index contributed by atoms with van der Waals surface area (Å²) < 4.78 is 12.9. The Bertz CT molecular complexity index is 406. The summed E-state index contributed by atoms with van der Waals surface area (Å²) in [5, 5.41) is 1.83. The molecule has 0 bridgehead atoms. The second kappa shape index (κ2) is 6.42. The van der Waals surface area contributed by atoms with E-state index >= 15 is 0 Å². The van der Waals surface area contributed by atoms with Gasteiger partial charge in [0.2, 0.25) is 0 Å². The van der Waals surface area contributed by atoms with Gasteiger partial charge in [-0.25, -0.2) is 9.37 Å². The highest BCUT2D eigenvalue weighted by atomic mass is 19.1. The van der Waals surface area contributed by atoms with E-state index in [1.165, 1.54) is 6.07 Å². The summed E-state index contributed by atoms with van der Waals surface area (Å²) in [7, 11) is 1.63. The van der Waals surface area contributed by atoms with Crippen LogP contribution in [0.25, 0.3) is 0 Å². The average molecular weight is 255 g/mol. The summed E-state index contributed by atoms with van der Waals surface area (Å²) in [6, 6.07) is 1.21. The molecule has 1 fully saturated rings. The van der Waals surface area contributed by atoms with Gasteiger partial charge in [-0.1, -0.05) is 7.43 Å². The zero-order valence-corrected chi connectivity index (χ0v) is 9.60. The van der Waals surface area contributed by atoms with Crippen molar-refractivity contribution in [2.24, 2.45) is 0 Å². The molecule has 0 N–H and O–H groups in total. The summed E-state index contributed by atoms with van der Waals surface area (Å²) in [4.78, 5) is 21.9. The maximum Gasteiger partial charge on any atom is 0.153 e. The van der Waals surface area contributed by atoms with Crippen molar-refractivity contribution in [2.75, 3.05) is 38.2 Å². The van der Waals surface area contributed by atoms with Gasteiger partial charge in [-0.15, -0.1) is 0 Å². The standard InChI is InChI=1S/C11H14FN3O2.CH4/c1-17-15-4-2-14(3-5-15)11-9(8-16)6-10(12)7-13-11;/h6-8H,2-5H2,1H3;1H4. The SMILES string of the molecule is C.CON1CCN(c2ncc(F)cc2C=O)CC1. The fraction of sp³-hybridized carbons (Fsp3) is 0.500. The van der Waals surface area contributed by atoms with Crippen molar-refractivity contribution in [2.45, 2.75) is 7.43 Å². The van der Waals surface area contributed by atoms with Gasteiger partial charge < -0.3 is 9.74 Å². The van der Waals surface area contributed by atoms with Crippen LogP contribution in [-0.4, -0.2) is 49.6 Å². The molecule has 5 nitrogen and oxygen atoms in total. The van der Waals surface area contributed by atoms with Gasteiger partial charge in [0.1, 0.15) is 11.6 Å². The third kappa shape index (κ3) is 3.02. The average Bonchev–Trinajstić information content (AvgIpc) is 2.39. The third-order valence-corrected chi connectivity index (χ3v) is 2.79. The maximum atomic E-state index is 12.9. The molecule has 0 aromatic carbocycles. The van der Waals surface area contributed by atoms with Crippen LogP contribution in [0.4, 0.5) is 10.2 Å². The van der Waals surface area contributed by atoms with Gasteiger partial charge in [-0.2, -0.15) is 5.06 Å². The van der Waals surface area contributed by atoms with Gasteiger partial charge >= 0.3 is 0 Å². The number of aldehydes is 1. The highest BCUT2D eigenvalue weighted by molar-refractivity contribution is 5.82. The lowest BCUT2D eigenvalue weighted by atomic mass is 10.2. The van der Waals surface area contributed by atoms with Crippen LogP contribution in [-0.2, 0) is 4.84 Å². The largest absolute Gasteiger partial charge is 0.353 e. The Kier molecular flexibility index (Phi) is 5.18. The maximum absolute atomic E-state index is 12.9. The molecule has 1 saturated heterocycles. The van der Waals surface area contributed by atoms with Crippen LogP contribution >= 0.6 is 0 Å². The zero-order valence-electron chi connectivity index (χ0n) is 9.60. The van der Waals surface area contributed by atoms with Crippen LogP contribution in [0.15, 0.2) is 12.3 Å². The smallest absolute Gasteiger partial charge is 0.153 e. The Hall–Kier alpha value is -1.53. The number of carbonyl (C=O) groups excluding carboxylic acids is 1. The molecule has 2 heterocycles. The molecule has 100 valence electrons. The molecule has 6 heteroatoms. The number of aromatic nitrogens is 1. The van der Waals surface area contributed by atoms with E-state index in [2.05, 4.69) is 4.98 Å². The number of hydroxylamine groups is 2. The minimum absolute atomic E-state index is 0. The zero-order chi connectivity index (χ0) is 12.3. The fourth-order valence-electron chi connectivity index (χ4n) is 1.88. The number of rotatable bonds is 3. The molecule has 0 atom stereocenters. The summed E-state index contributed by atoms with van der Waals surface area (Å²) >= 11 is 0. The first kappa shape index (κ1) is 14.5. The third-order valence-electron chi connectivity index (χ3n) is 2.79. The number of halogens is 1. The molecule has 1 aromatic heterocycles. The summed E-state index contributed by atoms with van der Waals surface area (Å²) in [5.41, 5.74) is 0.288. The molecule has 1 aliphatic heterocycles. The van der Waals surface area contributed by atoms with Crippen LogP contribution in [0.1, 0.15) is 17.8 Å². The van der Waals surface area contributed by atoms with Crippen LogP contribution < -0.4 is 4.90 Å². The van der Waals surface area contributed by atoms with Gasteiger partial charge in [0.25, 0.3) is 0 Å². The molecule has 0 radical (unpaired) electrons. The minimum Gasteiger partial charge on any atom is -0.353 e. The van der Waals surface area contributed by atoms with Crippen molar-refractivity contribution in [3.8, 4) is 0 Å². The van der Waals surface area contributed by atoms with Gasteiger partial charge in [0.05, 0.1) is 18.9 Å². The molecule has 2 rings (SSSR count). The molecule has 0 saturated carbocycles. The highest BCUT2D eigenvalue weighted by Gasteiger charge is 2.20. The van der Waals surface area contributed by atoms with Crippen molar-refractivity contribution in [1.82, 2.24) is 10.0 Å². The predicted octanol–water partition coefficient (Wildman–Crippen LogP) is 1.35. The van der Waals surface area contributed by atoms with Gasteiger partial charge in [-0.05, 0) is 6.07 Å². The highest BCUT2D eigenvalue weighted by Crippen LogP contribution is 2.18. The lowest BCUT2D eigenvalue weighted by Gasteiger charge is -2.34. The van der Waals surface area contributed by atoms with E-state index in [9.17, 15) is 9.18 Å². The van der Waals surface area contributed by atoms with Crippen LogP contribution in [0, 0.1) is 5.82 Å². The first-order valence-electron chi connectivity index (χ1n) is 5.39. The Morgan fingerprint density at radius 1 is 1.39 bits per heavy atom. The number of hydrogen-bond donors (Lipinski definition) is 0. The summed E-state index contributed by atoms with van der Waals surface area (Å²) in [6.45, 7) is 2.86. The monoisotopic (exact) mass is 255 g/mol. The molecular formula is C12H18FN3O2. The molecule has 0 spiro atoms. The van der Waals surface area contributed by atoms with Gasteiger partial charge in [0, 0.05) is 26.2 Å².